The van der Waals surface area contributed by atoms with Gasteiger partial charge in [0.05, 0.1) is 13.2 Å². The van der Waals surface area contributed by atoms with E-state index in [-0.39, 0.29) is 12.7 Å². The number of hydrogen-bond acceptors (Lipinski definition) is 5. The number of carbonyl (C=O) groups excluding carboxylic acids is 1. The molecule has 0 heterocycles. The summed E-state index contributed by atoms with van der Waals surface area (Å²) in [6.45, 7) is 2.27. The van der Waals surface area contributed by atoms with Gasteiger partial charge in [0.2, 0.25) is 5.91 Å². The van der Waals surface area contributed by atoms with E-state index in [0.717, 1.165) is 11.3 Å². The quantitative estimate of drug-likeness (QED) is 0.459. The van der Waals surface area contributed by atoms with Crippen LogP contribution >= 0.6 is 0 Å². The zero-order valence-electron chi connectivity index (χ0n) is 14.0. The number of ether oxygens (including phenoxy) is 4. The summed E-state index contributed by atoms with van der Waals surface area (Å²) in [5.41, 5.74) is 0.918. The second-order valence-corrected chi connectivity index (χ2v) is 4.76. The molecular formula is C17H25NO5. The fourth-order valence-electron chi connectivity index (χ4n) is 1.81. The maximum atomic E-state index is 12.2. The van der Waals surface area contributed by atoms with E-state index in [2.05, 4.69) is 0 Å². The standard InChI is InChI=1S/C17H25NO5/c1-20-12-10-18(11-13-21-2)17(19)9-6-15-4-7-16(8-5-15)23-14-22-3/h4-9H,10-14H2,1-3H3/b9-6+. The first-order valence-electron chi connectivity index (χ1n) is 7.38. The predicted molar refractivity (Wildman–Crippen MR) is 88.3 cm³/mol. The highest BCUT2D eigenvalue weighted by Gasteiger charge is 2.09. The summed E-state index contributed by atoms with van der Waals surface area (Å²) in [6, 6.07) is 7.42. The molecule has 1 rings (SSSR count). The molecule has 0 unspecified atom stereocenters. The van der Waals surface area contributed by atoms with Gasteiger partial charge in [-0.25, -0.2) is 0 Å². The molecule has 128 valence electrons. The number of carbonyl (C=O) groups is 1. The Bertz CT molecular complexity index is 464. The molecule has 0 N–H and O–H groups in total. The number of methoxy groups -OCH3 is 3. The topological polar surface area (TPSA) is 57.2 Å². The molecule has 0 saturated carbocycles. The summed E-state index contributed by atoms with van der Waals surface area (Å²) < 4.78 is 20.2. The molecule has 0 radical (unpaired) electrons. The van der Waals surface area contributed by atoms with Crippen LogP contribution < -0.4 is 4.74 Å². The van der Waals surface area contributed by atoms with Crippen LogP contribution in [0.15, 0.2) is 30.3 Å². The van der Waals surface area contributed by atoms with Crippen molar-refractivity contribution in [3.8, 4) is 5.75 Å². The van der Waals surface area contributed by atoms with E-state index in [0.29, 0.717) is 26.3 Å². The van der Waals surface area contributed by atoms with E-state index in [1.165, 1.54) is 0 Å². The number of rotatable bonds is 11. The highest BCUT2D eigenvalue weighted by molar-refractivity contribution is 5.91. The second-order valence-electron chi connectivity index (χ2n) is 4.76. The molecule has 6 heteroatoms. The Balaban J connectivity index is 2.59. The van der Waals surface area contributed by atoms with Crippen LogP contribution in [0.5, 0.6) is 5.75 Å². The molecule has 0 aromatic heterocycles. The van der Waals surface area contributed by atoms with E-state index in [4.69, 9.17) is 18.9 Å². The SMILES string of the molecule is COCCN(CCOC)C(=O)/C=C/c1ccc(OCOC)cc1. The minimum absolute atomic E-state index is 0.0705. The van der Waals surface area contributed by atoms with Gasteiger partial charge < -0.3 is 23.8 Å². The first-order chi connectivity index (χ1) is 11.2. The van der Waals surface area contributed by atoms with Crippen molar-refractivity contribution >= 4 is 12.0 Å². The predicted octanol–water partition coefficient (Wildman–Crippen LogP) is 1.80. The number of hydrogen-bond donors (Lipinski definition) is 0. The molecule has 1 amide bonds. The van der Waals surface area contributed by atoms with Crippen molar-refractivity contribution in [2.75, 3.05) is 54.4 Å². The Morgan fingerprint density at radius 3 is 2.13 bits per heavy atom. The third-order valence-electron chi connectivity index (χ3n) is 3.08. The van der Waals surface area contributed by atoms with Gasteiger partial charge in [-0.2, -0.15) is 0 Å². The first-order valence-corrected chi connectivity index (χ1v) is 7.38. The van der Waals surface area contributed by atoms with Crippen LogP contribution in [0.4, 0.5) is 0 Å². The van der Waals surface area contributed by atoms with E-state index < -0.39 is 0 Å². The van der Waals surface area contributed by atoms with Gasteiger partial charge >= 0.3 is 0 Å². The van der Waals surface area contributed by atoms with Crippen LogP contribution in [0.2, 0.25) is 0 Å². The molecule has 0 spiro atoms. The van der Waals surface area contributed by atoms with Gasteiger partial charge in [0.1, 0.15) is 5.75 Å². The fourth-order valence-corrected chi connectivity index (χ4v) is 1.81. The Labute approximate surface area is 137 Å². The van der Waals surface area contributed by atoms with Crippen LogP contribution in [-0.2, 0) is 19.0 Å². The van der Waals surface area contributed by atoms with E-state index >= 15 is 0 Å². The minimum atomic E-state index is -0.0705. The van der Waals surface area contributed by atoms with Gasteiger partial charge in [0, 0.05) is 40.5 Å². The monoisotopic (exact) mass is 323 g/mol. The highest BCUT2D eigenvalue weighted by Crippen LogP contribution is 2.13. The molecule has 6 nitrogen and oxygen atoms in total. The summed E-state index contributed by atoms with van der Waals surface area (Å²) in [5, 5.41) is 0. The summed E-state index contributed by atoms with van der Waals surface area (Å²) in [7, 11) is 4.80. The van der Waals surface area contributed by atoms with Crippen molar-refractivity contribution in [3.63, 3.8) is 0 Å². The fraction of sp³-hybridized carbons (Fsp3) is 0.471. The van der Waals surface area contributed by atoms with Crippen LogP contribution in [0.25, 0.3) is 6.08 Å². The van der Waals surface area contributed by atoms with Crippen molar-refractivity contribution in [2.45, 2.75) is 0 Å². The van der Waals surface area contributed by atoms with Gasteiger partial charge in [-0.3, -0.25) is 4.79 Å². The molecule has 0 atom stereocenters. The lowest BCUT2D eigenvalue weighted by Crippen LogP contribution is -2.35. The lowest BCUT2D eigenvalue weighted by atomic mass is 10.2. The molecule has 0 aliphatic carbocycles. The van der Waals surface area contributed by atoms with Crippen molar-refractivity contribution < 1.29 is 23.7 Å². The van der Waals surface area contributed by atoms with Crippen molar-refractivity contribution in [1.82, 2.24) is 4.90 Å². The number of nitrogens with zero attached hydrogens (tertiary/aromatic N) is 1. The summed E-state index contributed by atoms with van der Waals surface area (Å²) in [6.07, 6.45) is 3.32. The third-order valence-corrected chi connectivity index (χ3v) is 3.08. The number of amides is 1. The lowest BCUT2D eigenvalue weighted by molar-refractivity contribution is -0.127. The molecule has 0 fully saturated rings. The molecule has 0 aliphatic rings. The van der Waals surface area contributed by atoms with E-state index in [1.807, 2.05) is 24.3 Å². The largest absolute Gasteiger partial charge is 0.468 e. The summed E-state index contributed by atoms with van der Waals surface area (Å²) >= 11 is 0. The van der Waals surface area contributed by atoms with Gasteiger partial charge in [0.25, 0.3) is 0 Å². The average Bonchev–Trinajstić information content (AvgIpc) is 2.59. The summed E-state index contributed by atoms with van der Waals surface area (Å²) in [4.78, 5) is 13.9. The minimum Gasteiger partial charge on any atom is -0.468 e. The molecule has 1 aromatic carbocycles. The molecule has 1 aromatic rings. The zero-order chi connectivity index (χ0) is 16.9. The van der Waals surface area contributed by atoms with Crippen LogP contribution in [0, 0.1) is 0 Å². The zero-order valence-corrected chi connectivity index (χ0v) is 14.0. The molecule has 0 bridgehead atoms. The second kappa shape index (κ2) is 11.6. The third kappa shape index (κ3) is 7.78. The Morgan fingerprint density at radius 1 is 1.00 bits per heavy atom. The van der Waals surface area contributed by atoms with Crippen molar-refractivity contribution in [1.29, 1.82) is 0 Å². The van der Waals surface area contributed by atoms with Crippen molar-refractivity contribution in [3.05, 3.63) is 35.9 Å². The van der Waals surface area contributed by atoms with E-state index in [9.17, 15) is 4.79 Å². The van der Waals surface area contributed by atoms with E-state index in [1.54, 1.807) is 38.4 Å². The van der Waals surface area contributed by atoms with Crippen LogP contribution in [-0.4, -0.2) is 65.2 Å². The van der Waals surface area contributed by atoms with Gasteiger partial charge in [0.15, 0.2) is 6.79 Å². The molecule has 0 saturated heterocycles. The molecule has 0 aliphatic heterocycles. The maximum absolute atomic E-state index is 12.2. The highest BCUT2D eigenvalue weighted by atomic mass is 16.7. The first kappa shape index (κ1) is 19.2. The summed E-state index contributed by atoms with van der Waals surface area (Å²) in [5.74, 6) is 0.649. The smallest absolute Gasteiger partial charge is 0.246 e. The number of benzene rings is 1. The molecule has 23 heavy (non-hydrogen) atoms. The molecular weight excluding hydrogens is 298 g/mol. The maximum Gasteiger partial charge on any atom is 0.246 e. The van der Waals surface area contributed by atoms with Crippen molar-refractivity contribution in [2.24, 2.45) is 0 Å². The van der Waals surface area contributed by atoms with Crippen LogP contribution in [0.3, 0.4) is 0 Å². The Hall–Kier alpha value is -1.89. The average molecular weight is 323 g/mol. The Kier molecular flexibility index (Phi) is 9.70. The van der Waals surface area contributed by atoms with Gasteiger partial charge in [-0.1, -0.05) is 12.1 Å². The van der Waals surface area contributed by atoms with Gasteiger partial charge in [-0.05, 0) is 23.8 Å². The van der Waals surface area contributed by atoms with Crippen LogP contribution in [0.1, 0.15) is 5.56 Å². The lowest BCUT2D eigenvalue weighted by Gasteiger charge is -2.20. The van der Waals surface area contributed by atoms with Gasteiger partial charge in [-0.15, -0.1) is 0 Å². The Morgan fingerprint density at radius 2 is 1.61 bits per heavy atom. The normalized spacial score (nSPS) is 10.9.